The van der Waals surface area contributed by atoms with Crippen LogP contribution in [0, 0.1) is 6.92 Å². The van der Waals surface area contributed by atoms with Gasteiger partial charge in [-0.1, -0.05) is 6.07 Å². The topological polar surface area (TPSA) is 95.7 Å². The third kappa shape index (κ3) is 3.38. The van der Waals surface area contributed by atoms with E-state index in [1.165, 1.54) is 6.92 Å². The smallest absolute Gasteiger partial charge is 0.254 e. The molecule has 0 saturated carbocycles. The molecule has 0 bridgehead atoms. The van der Waals surface area contributed by atoms with Crippen LogP contribution in [0.1, 0.15) is 23.1 Å². The van der Waals surface area contributed by atoms with Crippen molar-refractivity contribution in [3.8, 4) is 0 Å². The van der Waals surface area contributed by atoms with Gasteiger partial charge in [-0.05, 0) is 25.1 Å². The van der Waals surface area contributed by atoms with Gasteiger partial charge in [-0.2, -0.15) is 0 Å². The summed E-state index contributed by atoms with van der Waals surface area (Å²) in [6.07, 6.45) is 3.58. The van der Waals surface area contributed by atoms with E-state index in [2.05, 4.69) is 25.4 Å². The minimum atomic E-state index is -0.163. The summed E-state index contributed by atoms with van der Waals surface area (Å²) < 4.78 is 1.91. The van der Waals surface area contributed by atoms with Crippen molar-refractivity contribution in [3.63, 3.8) is 0 Å². The highest BCUT2D eigenvalue weighted by Gasteiger charge is 2.25. The molecule has 0 radical (unpaired) electrons. The summed E-state index contributed by atoms with van der Waals surface area (Å²) in [6, 6.07) is 7.01. The Hall–Kier alpha value is -3.49. The van der Waals surface area contributed by atoms with Gasteiger partial charge < -0.3 is 15.1 Å². The Morgan fingerprint density at radius 3 is 2.64 bits per heavy atom. The number of nitrogens with zero attached hydrogens (tertiary/aromatic N) is 6. The number of anilines is 2. The van der Waals surface area contributed by atoms with Gasteiger partial charge in [-0.3, -0.25) is 14.0 Å². The fraction of sp³-hybridized carbons (Fsp3) is 0.316. The Bertz CT molecular complexity index is 1040. The lowest BCUT2D eigenvalue weighted by Gasteiger charge is -2.35. The lowest BCUT2D eigenvalue weighted by Crippen LogP contribution is -2.49. The van der Waals surface area contributed by atoms with Crippen molar-refractivity contribution >= 4 is 29.0 Å². The molecule has 1 aliphatic heterocycles. The predicted molar refractivity (Wildman–Crippen MR) is 104 cm³/mol. The first kappa shape index (κ1) is 17.9. The number of aryl methyl sites for hydroxylation is 1. The summed E-state index contributed by atoms with van der Waals surface area (Å²) in [7, 11) is 0. The number of hydrogen-bond acceptors (Lipinski definition) is 6. The van der Waals surface area contributed by atoms with Crippen LogP contribution in [-0.2, 0) is 4.79 Å². The van der Waals surface area contributed by atoms with Gasteiger partial charge in [0.25, 0.3) is 5.91 Å². The fourth-order valence-corrected chi connectivity index (χ4v) is 3.39. The van der Waals surface area contributed by atoms with Crippen LogP contribution in [0.2, 0.25) is 0 Å². The number of benzene rings is 1. The molecule has 9 nitrogen and oxygen atoms in total. The molecular weight excluding hydrogens is 358 g/mol. The number of amides is 2. The molecule has 0 aliphatic carbocycles. The van der Waals surface area contributed by atoms with Crippen LogP contribution in [0.5, 0.6) is 0 Å². The Balaban J connectivity index is 1.46. The SMILES string of the molecule is CC(=O)Nc1cccc(C(=O)N2CCN(c3nccn4c(C)nnc34)CC2)c1. The van der Waals surface area contributed by atoms with Gasteiger partial charge in [0.05, 0.1) is 0 Å². The molecule has 144 valence electrons. The number of carbonyl (C=O) groups is 2. The number of hydrogen-bond donors (Lipinski definition) is 1. The van der Waals surface area contributed by atoms with Gasteiger partial charge in [-0.15, -0.1) is 10.2 Å². The van der Waals surface area contributed by atoms with Crippen molar-refractivity contribution < 1.29 is 9.59 Å². The van der Waals surface area contributed by atoms with Crippen LogP contribution < -0.4 is 10.2 Å². The zero-order valence-electron chi connectivity index (χ0n) is 15.8. The van der Waals surface area contributed by atoms with Crippen molar-refractivity contribution in [2.45, 2.75) is 13.8 Å². The molecule has 3 aromatic rings. The van der Waals surface area contributed by atoms with E-state index in [0.717, 1.165) is 17.3 Å². The fourth-order valence-electron chi connectivity index (χ4n) is 3.39. The average molecular weight is 379 g/mol. The summed E-state index contributed by atoms with van der Waals surface area (Å²) in [5.74, 6) is 1.38. The number of fused-ring (bicyclic) bond motifs is 1. The molecule has 1 saturated heterocycles. The second-order valence-corrected chi connectivity index (χ2v) is 6.73. The average Bonchev–Trinajstić information content (AvgIpc) is 3.08. The molecule has 9 heteroatoms. The maximum Gasteiger partial charge on any atom is 0.254 e. The quantitative estimate of drug-likeness (QED) is 0.738. The van der Waals surface area contributed by atoms with Crippen LogP contribution in [0.15, 0.2) is 36.7 Å². The first-order chi connectivity index (χ1) is 13.5. The minimum Gasteiger partial charge on any atom is -0.350 e. The summed E-state index contributed by atoms with van der Waals surface area (Å²) >= 11 is 0. The molecule has 4 rings (SSSR count). The predicted octanol–water partition coefficient (Wildman–Crippen LogP) is 1.35. The largest absolute Gasteiger partial charge is 0.350 e. The highest BCUT2D eigenvalue weighted by atomic mass is 16.2. The monoisotopic (exact) mass is 379 g/mol. The van der Waals surface area contributed by atoms with Gasteiger partial charge in [-0.25, -0.2) is 4.98 Å². The van der Waals surface area contributed by atoms with Gasteiger partial charge in [0.1, 0.15) is 5.82 Å². The van der Waals surface area contributed by atoms with Crippen molar-refractivity contribution in [3.05, 3.63) is 48.0 Å². The van der Waals surface area contributed by atoms with Gasteiger partial charge in [0.15, 0.2) is 5.82 Å². The van der Waals surface area contributed by atoms with Crippen LogP contribution >= 0.6 is 0 Å². The summed E-state index contributed by atoms with van der Waals surface area (Å²) in [5, 5.41) is 11.0. The number of piperazine rings is 1. The highest BCUT2D eigenvalue weighted by Crippen LogP contribution is 2.20. The van der Waals surface area contributed by atoms with E-state index in [-0.39, 0.29) is 11.8 Å². The standard InChI is InChI=1S/C19H21N7O2/c1-13-22-23-18-17(20-6-7-26(13)18)24-8-10-25(11-9-24)19(28)15-4-3-5-16(12-15)21-14(2)27/h3-7,12H,8-11H2,1-2H3,(H,21,27). The lowest BCUT2D eigenvalue weighted by molar-refractivity contribution is -0.114. The van der Waals surface area contributed by atoms with E-state index in [1.807, 2.05) is 22.4 Å². The van der Waals surface area contributed by atoms with Crippen LogP contribution in [0.3, 0.4) is 0 Å². The molecule has 2 aromatic heterocycles. The normalized spacial score (nSPS) is 14.4. The first-order valence-corrected chi connectivity index (χ1v) is 9.11. The third-order valence-corrected chi connectivity index (χ3v) is 4.78. The molecule has 0 spiro atoms. The second-order valence-electron chi connectivity index (χ2n) is 6.73. The number of rotatable bonds is 3. The Labute approximate surface area is 162 Å². The highest BCUT2D eigenvalue weighted by molar-refractivity contribution is 5.97. The van der Waals surface area contributed by atoms with E-state index in [9.17, 15) is 9.59 Å². The molecule has 1 aliphatic rings. The number of carbonyl (C=O) groups excluding carboxylic acids is 2. The zero-order chi connectivity index (χ0) is 19.7. The number of aromatic nitrogens is 4. The Kier molecular flexibility index (Phi) is 4.64. The van der Waals surface area contributed by atoms with Crippen LogP contribution in [-0.4, -0.2) is 62.5 Å². The summed E-state index contributed by atoms with van der Waals surface area (Å²) in [5.41, 5.74) is 1.91. The first-order valence-electron chi connectivity index (χ1n) is 9.11. The summed E-state index contributed by atoms with van der Waals surface area (Å²) in [6.45, 7) is 5.83. The molecule has 0 unspecified atom stereocenters. The van der Waals surface area contributed by atoms with E-state index >= 15 is 0 Å². The van der Waals surface area contributed by atoms with E-state index in [1.54, 1.807) is 30.5 Å². The van der Waals surface area contributed by atoms with Crippen LogP contribution in [0.25, 0.3) is 5.65 Å². The van der Waals surface area contributed by atoms with E-state index in [0.29, 0.717) is 37.4 Å². The maximum atomic E-state index is 12.8. The van der Waals surface area contributed by atoms with Crippen molar-refractivity contribution in [2.24, 2.45) is 0 Å². The molecule has 28 heavy (non-hydrogen) atoms. The van der Waals surface area contributed by atoms with Gasteiger partial charge in [0.2, 0.25) is 11.6 Å². The van der Waals surface area contributed by atoms with Crippen molar-refractivity contribution in [1.82, 2.24) is 24.5 Å². The molecule has 1 N–H and O–H groups in total. The molecule has 0 atom stereocenters. The molecule has 2 amide bonds. The Morgan fingerprint density at radius 1 is 1.11 bits per heavy atom. The minimum absolute atomic E-state index is 0.0451. The van der Waals surface area contributed by atoms with Gasteiger partial charge >= 0.3 is 0 Å². The molecule has 3 heterocycles. The van der Waals surface area contributed by atoms with E-state index < -0.39 is 0 Å². The second kappa shape index (κ2) is 7.26. The van der Waals surface area contributed by atoms with E-state index in [4.69, 9.17) is 0 Å². The van der Waals surface area contributed by atoms with Crippen molar-refractivity contribution in [2.75, 3.05) is 36.4 Å². The van der Waals surface area contributed by atoms with Gasteiger partial charge in [0, 0.05) is 56.7 Å². The zero-order valence-corrected chi connectivity index (χ0v) is 15.8. The molecule has 1 aromatic carbocycles. The maximum absolute atomic E-state index is 12.8. The van der Waals surface area contributed by atoms with Crippen LogP contribution in [0.4, 0.5) is 11.5 Å². The molecular formula is C19H21N7O2. The van der Waals surface area contributed by atoms with Crippen molar-refractivity contribution in [1.29, 1.82) is 0 Å². The lowest BCUT2D eigenvalue weighted by atomic mass is 10.1. The number of nitrogens with one attached hydrogen (secondary N) is 1. The summed E-state index contributed by atoms with van der Waals surface area (Å²) in [4.78, 5) is 32.5. The Morgan fingerprint density at radius 2 is 1.89 bits per heavy atom. The third-order valence-electron chi connectivity index (χ3n) is 4.78. The molecule has 1 fully saturated rings.